The zero-order valence-electron chi connectivity index (χ0n) is 6.36. The number of amidine groups is 1. The Balaban J connectivity index is 2.90. The first-order valence-corrected chi connectivity index (χ1v) is 5.93. The van der Waals surface area contributed by atoms with Crippen molar-refractivity contribution >= 4 is 38.4 Å². The number of sulfonamides is 1. The van der Waals surface area contributed by atoms with Gasteiger partial charge in [-0.25, -0.2) is 0 Å². The number of hydrogen-bond acceptors (Lipinski definition) is 3. The first-order chi connectivity index (χ1) is 6.02. The van der Waals surface area contributed by atoms with Gasteiger partial charge in [0.1, 0.15) is 10.7 Å². The Labute approximate surface area is 89.0 Å². The molecule has 0 unspecified atom stereocenters. The van der Waals surface area contributed by atoms with Crippen molar-refractivity contribution in [3.05, 3.63) is 27.3 Å². The van der Waals surface area contributed by atoms with Crippen LogP contribution in [0.25, 0.3) is 0 Å². The van der Waals surface area contributed by atoms with E-state index >= 15 is 0 Å². The number of rotatable bonds is 0. The zero-order valence-corrected chi connectivity index (χ0v) is 9.33. The van der Waals surface area contributed by atoms with Gasteiger partial charge >= 0.3 is 0 Å². The molecule has 68 valence electrons. The Morgan fingerprint density at radius 1 is 1.38 bits per heavy atom. The molecule has 1 heterocycles. The monoisotopic (exact) mass is 308 g/mol. The third-order valence-corrected chi connectivity index (χ3v) is 4.38. The topological polar surface area (TPSA) is 72.5 Å². The third-order valence-electron chi connectivity index (χ3n) is 1.72. The normalized spacial score (nSPS) is 18.1. The second-order valence-corrected chi connectivity index (χ2v) is 5.27. The lowest BCUT2D eigenvalue weighted by atomic mass is 10.2. The van der Waals surface area contributed by atoms with E-state index in [9.17, 15) is 8.42 Å². The van der Waals surface area contributed by atoms with E-state index in [1.54, 1.807) is 18.2 Å². The molecule has 2 rings (SSSR count). The van der Waals surface area contributed by atoms with E-state index in [1.165, 1.54) is 0 Å². The van der Waals surface area contributed by atoms with Crippen LogP contribution in [0.3, 0.4) is 0 Å². The van der Waals surface area contributed by atoms with Crippen molar-refractivity contribution in [3.8, 4) is 0 Å². The molecule has 2 N–H and O–H groups in total. The van der Waals surface area contributed by atoms with Gasteiger partial charge in [-0.3, -0.25) is 0 Å². The average Bonchev–Trinajstić information content (AvgIpc) is 2.24. The minimum atomic E-state index is -3.53. The van der Waals surface area contributed by atoms with Gasteiger partial charge in [0.2, 0.25) is 0 Å². The fraction of sp³-hybridized carbons (Fsp3) is 0. The Morgan fingerprint density at radius 2 is 2.08 bits per heavy atom. The van der Waals surface area contributed by atoms with Crippen LogP contribution in [0.2, 0.25) is 0 Å². The molecule has 13 heavy (non-hydrogen) atoms. The van der Waals surface area contributed by atoms with E-state index < -0.39 is 10.0 Å². The van der Waals surface area contributed by atoms with Gasteiger partial charge in [0, 0.05) is 9.13 Å². The molecule has 0 radical (unpaired) electrons. The van der Waals surface area contributed by atoms with E-state index in [0.717, 1.165) is 0 Å². The van der Waals surface area contributed by atoms with Crippen LogP contribution in [-0.2, 0) is 10.0 Å². The van der Waals surface area contributed by atoms with Gasteiger partial charge in [-0.2, -0.15) is 8.42 Å². The smallest absolute Gasteiger partial charge is 0.286 e. The maximum Gasteiger partial charge on any atom is 0.286 e. The second-order valence-electron chi connectivity index (χ2n) is 2.57. The standard InChI is InChI=1S/C7H5IN2O2S/c8-5-3-1-2-4-6(5)13(11,12)10-7(4)9/h1-3H,(H2,9,10). The van der Waals surface area contributed by atoms with Crippen molar-refractivity contribution in [2.75, 3.05) is 0 Å². The summed E-state index contributed by atoms with van der Waals surface area (Å²) < 4.78 is 26.9. The highest BCUT2D eigenvalue weighted by Crippen LogP contribution is 2.28. The van der Waals surface area contributed by atoms with E-state index in [-0.39, 0.29) is 10.7 Å². The zero-order chi connectivity index (χ0) is 9.64. The van der Waals surface area contributed by atoms with Crippen LogP contribution in [0.4, 0.5) is 0 Å². The summed E-state index contributed by atoms with van der Waals surface area (Å²) in [6.45, 7) is 0. The number of halogens is 1. The van der Waals surface area contributed by atoms with E-state index in [0.29, 0.717) is 9.13 Å². The number of nitrogens with zero attached hydrogens (tertiary/aromatic N) is 1. The van der Waals surface area contributed by atoms with Crippen LogP contribution in [0.15, 0.2) is 27.5 Å². The summed E-state index contributed by atoms with van der Waals surface area (Å²) in [5.74, 6) is 0.0773. The fourth-order valence-corrected chi connectivity index (χ4v) is 3.74. The molecule has 6 heteroatoms. The Bertz CT molecular complexity index is 507. The number of benzene rings is 1. The maximum absolute atomic E-state index is 11.4. The van der Waals surface area contributed by atoms with Gasteiger partial charge in [-0.1, -0.05) is 6.07 Å². The number of nitrogens with two attached hydrogens (primary N) is 1. The number of hydrogen-bond donors (Lipinski definition) is 1. The number of fused-ring (bicyclic) bond motifs is 1. The molecule has 0 aromatic heterocycles. The molecule has 1 aromatic carbocycles. The van der Waals surface area contributed by atoms with Crippen molar-refractivity contribution in [1.29, 1.82) is 0 Å². The summed E-state index contributed by atoms with van der Waals surface area (Å²) in [4.78, 5) is 0.230. The molecule has 0 saturated carbocycles. The SMILES string of the molecule is NC1=NS(=O)(=O)c2c(I)cccc21. The van der Waals surface area contributed by atoms with Crippen molar-refractivity contribution in [3.63, 3.8) is 0 Å². The van der Waals surface area contributed by atoms with Crippen LogP contribution >= 0.6 is 22.6 Å². The molecule has 0 amide bonds. The predicted octanol–water partition coefficient (Wildman–Crippen LogP) is 0.699. The van der Waals surface area contributed by atoms with Crippen LogP contribution in [-0.4, -0.2) is 14.3 Å². The summed E-state index contributed by atoms with van der Waals surface area (Å²) in [7, 11) is -3.53. The predicted molar refractivity (Wildman–Crippen MR) is 57.1 cm³/mol. The Kier molecular flexibility index (Phi) is 1.84. The van der Waals surface area contributed by atoms with Crippen LogP contribution in [0.5, 0.6) is 0 Å². The molecule has 0 fully saturated rings. The minimum absolute atomic E-state index is 0.0773. The van der Waals surface area contributed by atoms with Crippen LogP contribution < -0.4 is 5.73 Å². The third kappa shape index (κ3) is 1.24. The molecular weight excluding hydrogens is 303 g/mol. The lowest BCUT2D eigenvalue weighted by molar-refractivity contribution is 0.599. The molecule has 0 bridgehead atoms. The van der Waals surface area contributed by atoms with E-state index in [2.05, 4.69) is 4.40 Å². The highest BCUT2D eigenvalue weighted by atomic mass is 127. The first-order valence-electron chi connectivity index (χ1n) is 3.42. The Hall–Kier alpha value is -0.630. The molecule has 0 aliphatic carbocycles. The van der Waals surface area contributed by atoms with Crippen molar-refractivity contribution in [1.82, 2.24) is 0 Å². The second kappa shape index (κ2) is 2.68. The van der Waals surface area contributed by atoms with Gasteiger partial charge in [0.15, 0.2) is 0 Å². The molecule has 0 saturated heterocycles. The quantitative estimate of drug-likeness (QED) is 0.717. The lowest BCUT2D eigenvalue weighted by Crippen LogP contribution is -2.10. The van der Waals surface area contributed by atoms with Crippen molar-refractivity contribution in [2.45, 2.75) is 4.90 Å². The summed E-state index contributed by atoms with van der Waals surface area (Å²) in [5, 5.41) is 0. The van der Waals surface area contributed by atoms with Gasteiger partial charge in [0.25, 0.3) is 10.0 Å². The largest absolute Gasteiger partial charge is 0.382 e. The summed E-state index contributed by atoms with van der Waals surface area (Å²) in [6.07, 6.45) is 0. The van der Waals surface area contributed by atoms with Crippen LogP contribution in [0.1, 0.15) is 5.56 Å². The summed E-state index contributed by atoms with van der Waals surface area (Å²) >= 11 is 1.95. The summed E-state index contributed by atoms with van der Waals surface area (Å²) in [6, 6.07) is 5.12. The van der Waals surface area contributed by atoms with Crippen molar-refractivity contribution in [2.24, 2.45) is 10.1 Å². The minimum Gasteiger partial charge on any atom is -0.382 e. The van der Waals surface area contributed by atoms with E-state index in [1.807, 2.05) is 22.6 Å². The molecule has 1 aliphatic heterocycles. The lowest BCUT2D eigenvalue weighted by Gasteiger charge is -1.98. The molecule has 1 aromatic rings. The fourth-order valence-electron chi connectivity index (χ4n) is 1.20. The molecule has 1 aliphatic rings. The Morgan fingerprint density at radius 3 is 2.69 bits per heavy atom. The van der Waals surface area contributed by atoms with E-state index in [4.69, 9.17) is 5.73 Å². The van der Waals surface area contributed by atoms with Gasteiger partial charge in [0.05, 0.1) is 0 Å². The maximum atomic E-state index is 11.4. The first kappa shape index (κ1) is 8.95. The van der Waals surface area contributed by atoms with Gasteiger partial charge in [-0.15, -0.1) is 4.40 Å². The van der Waals surface area contributed by atoms with Gasteiger partial charge < -0.3 is 5.73 Å². The molecular formula is C7H5IN2O2S. The summed E-state index contributed by atoms with van der Waals surface area (Å²) in [5.41, 5.74) is 5.96. The van der Waals surface area contributed by atoms with Crippen LogP contribution in [0, 0.1) is 3.57 Å². The highest BCUT2D eigenvalue weighted by Gasteiger charge is 2.29. The van der Waals surface area contributed by atoms with Gasteiger partial charge in [-0.05, 0) is 34.7 Å². The average molecular weight is 308 g/mol. The molecule has 0 atom stereocenters. The van der Waals surface area contributed by atoms with Crippen molar-refractivity contribution < 1.29 is 8.42 Å². The highest BCUT2D eigenvalue weighted by molar-refractivity contribution is 14.1. The molecule has 4 nitrogen and oxygen atoms in total. The molecule has 0 spiro atoms.